The van der Waals surface area contributed by atoms with Gasteiger partial charge in [-0.05, 0) is 44.2 Å². The number of fused-ring (bicyclic) bond motifs is 1. The summed E-state index contributed by atoms with van der Waals surface area (Å²) in [5.41, 5.74) is 2.91. The summed E-state index contributed by atoms with van der Waals surface area (Å²) in [6, 6.07) is 7.69. The molecular weight excluding hydrogens is 300 g/mol. The van der Waals surface area contributed by atoms with Gasteiger partial charge in [0.1, 0.15) is 11.6 Å². The van der Waals surface area contributed by atoms with Gasteiger partial charge in [-0.1, -0.05) is 0 Å². The first-order valence-electron chi connectivity index (χ1n) is 6.95. The van der Waals surface area contributed by atoms with Crippen LogP contribution in [0.25, 0.3) is 11.0 Å². The predicted octanol–water partition coefficient (Wildman–Crippen LogP) is 3.78. The maximum atomic E-state index is 13.6. The molecule has 3 rings (SSSR count). The second kappa shape index (κ2) is 5.72. The molecule has 0 radical (unpaired) electrons. The van der Waals surface area contributed by atoms with E-state index in [0.29, 0.717) is 16.6 Å². The smallest absolute Gasteiger partial charge is 0.255 e. The van der Waals surface area contributed by atoms with E-state index in [-0.39, 0.29) is 5.69 Å². The molecule has 23 heavy (non-hydrogen) atoms. The molecule has 6 heteroatoms. The summed E-state index contributed by atoms with van der Waals surface area (Å²) in [4.78, 5) is 21.0. The van der Waals surface area contributed by atoms with Gasteiger partial charge in [0.05, 0.1) is 28.1 Å². The summed E-state index contributed by atoms with van der Waals surface area (Å²) >= 11 is 0. The third kappa shape index (κ3) is 3.01. The molecule has 1 aromatic heterocycles. The van der Waals surface area contributed by atoms with Gasteiger partial charge in [0.2, 0.25) is 0 Å². The lowest BCUT2D eigenvalue weighted by Crippen LogP contribution is -2.13. The minimum absolute atomic E-state index is 0.207. The summed E-state index contributed by atoms with van der Waals surface area (Å²) in [5.74, 6) is -1.87. The van der Waals surface area contributed by atoms with Gasteiger partial charge in [-0.2, -0.15) is 0 Å². The topological polar surface area (TPSA) is 54.9 Å². The Morgan fingerprint density at radius 1 is 0.957 bits per heavy atom. The van der Waals surface area contributed by atoms with Crippen molar-refractivity contribution in [3.8, 4) is 0 Å². The number of anilines is 1. The molecule has 0 aliphatic rings. The first-order valence-corrected chi connectivity index (χ1v) is 6.95. The van der Waals surface area contributed by atoms with E-state index < -0.39 is 17.5 Å². The van der Waals surface area contributed by atoms with Crippen molar-refractivity contribution in [2.45, 2.75) is 13.8 Å². The minimum atomic E-state index is -0.702. The molecule has 0 bridgehead atoms. The predicted molar refractivity (Wildman–Crippen MR) is 83.3 cm³/mol. The number of hydrogen-bond acceptors (Lipinski definition) is 3. The zero-order chi connectivity index (χ0) is 16.6. The Kier molecular flexibility index (Phi) is 3.73. The molecule has 4 nitrogen and oxygen atoms in total. The Balaban J connectivity index is 1.94. The second-order valence-electron chi connectivity index (χ2n) is 5.18. The Labute approximate surface area is 131 Å². The number of nitrogens with zero attached hydrogens (tertiary/aromatic N) is 2. The Morgan fingerprint density at radius 3 is 2.39 bits per heavy atom. The van der Waals surface area contributed by atoms with Gasteiger partial charge in [-0.15, -0.1) is 0 Å². The van der Waals surface area contributed by atoms with Gasteiger partial charge in [0.15, 0.2) is 0 Å². The van der Waals surface area contributed by atoms with E-state index in [4.69, 9.17) is 0 Å². The lowest BCUT2D eigenvalue weighted by molar-refractivity contribution is 0.102. The van der Waals surface area contributed by atoms with Crippen LogP contribution < -0.4 is 5.32 Å². The maximum Gasteiger partial charge on any atom is 0.255 e. The molecule has 1 N–H and O–H groups in total. The second-order valence-corrected chi connectivity index (χ2v) is 5.18. The average molecular weight is 313 g/mol. The third-order valence-electron chi connectivity index (χ3n) is 3.51. The van der Waals surface area contributed by atoms with Crippen LogP contribution in [0.15, 0.2) is 36.4 Å². The summed E-state index contributed by atoms with van der Waals surface area (Å²) in [6.07, 6.45) is 0. The van der Waals surface area contributed by atoms with E-state index in [1.54, 1.807) is 18.2 Å². The Bertz CT molecular complexity index is 925. The van der Waals surface area contributed by atoms with Crippen molar-refractivity contribution in [2.75, 3.05) is 5.32 Å². The van der Waals surface area contributed by atoms with Crippen LogP contribution >= 0.6 is 0 Å². The van der Waals surface area contributed by atoms with E-state index in [1.165, 1.54) is 0 Å². The fourth-order valence-corrected chi connectivity index (χ4v) is 2.16. The molecule has 0 aliphatic carbocycles. The van der Waals surface area contributed by atoms with E-state index in [9.17, 15) is 13.6 Å². The van der Waals surface area contributed by atoms with Gasteiger partial charge in [-0.3, -0.25) is 4.79 Å². The van der Waals surface area contributed by atoms with E-state index in [0.717, 1.165) is 29.6 Å². The first-order chi connectivity index (χ1) is 10.9. The molecule has 0 atom stereocenters. The number of rotatable bonds is 2. The molecule has 0 saturated carbocycles. The molecule has 0 unspecified atom stereocenters. The summed E-state index contributed by atoms with van der Waals surface area (Å²) in [7, 11) is 0. The summed E-state index contributed by atoms with van der Waals surface area (Å²) < 4.78 is 26.7. The average Bonchev–Trinajstić information content (AvgIpc) is 2.51. The van der Waals surface area contributed by atoms with Crippen molar-refractivity contribution in [1.82, 2.24) is 9.97 Å². The van der Waals surface area contributed by atoms with E-state index >= 15 is 0 Å². The van der Waals surface area contributed by atoms with Crippen molar-refractivity contribution < 1.29 is 13.6 Å². The third-order valence-corrected chi connectivity index (χ3v) is 3.51. The largest absolute Gasteiger partial charge is 0.319 e. The highest BCUT2D eigenvalue weighted by Crippen LogP contribution is 2.18. The van der Waals surface area contributed by atoms with Crippen LogP contribution in [0.2, 0.25) is 0 Å². The zero-order valence-electron chi connectivity index (χ0n) is 12.5. The highest BCUT2D eigenvalue weighted by molar-refractivity contribution is 6.05. The fourth-order valence-electron chi connectivity index (χ4n) is 2.16. The molecule has 0 fully saturated rings. The van der Waals surface area contributed by atoms with E-state index in [1.807, 2.05) is 13.8 Å². The number of hydrogen-bond donors (Lipinski definition) is 1. The normalized spacial score (nSPS) is 10.8. The van der Waals surface area contributed by atoms with Crippen LogP contribution in [0.1, 0.15) is 21.7 Å². The number of halogens is 2. The van der Waals surface area contributed by atoms with Gasteiger partial charge in [0, 0.05) is 11.6 Å². The SMILES string of the molecule is Cc1nc2ccc(C(=O)Nc3cc(F)ccc3F)cc2nc1C. The van der Waals surface area contributed by atoms with Gasteiger partial charge >= 0.3 is 0 Å². The first kappa shape index (κ1) is 15.0. The number of amides is 1. The number of aryl methyl sites for hydroxylation is 2. The monoisotopic (exact) mass is 313 g/mol. The van der Waals surface area contributed by atoms with Crippen LogP contribution in [-0.2, 0) is 0 Å². The van der Waals surface area contributed by atoms with Crippen molar-refractivity contribution in [3.63, 3.8) is 0 Å². The highest BCUT2D eigenvalue weighted by atomic mass is 19.1. The molecule has 3 aromatic rings. The molecule has 1 heterocycles. The lowest BCUT2D eigenvalue weighted by atomic mass is 10.1. The Morgan fingerprint density at radius 2 is 1.65 bits per heavy atom. The van der Waals surface area contributed by atoms with Crippen molar-refractivity contribution in [2.24, 2.45) is 0 Å². The van der Waals surface area contributed by atoms with Crippen LogP contribution in [0.4, 0.5) is 14.5 Å². The number of carbonyl (C=O) groups excluding carboxylic acids is 1. The molecule has 116 valence electrons. The zero-order valence-corrected chi connectivity index (χ0v) is 12.5. The van der Waals surface area contributed by atoms with Crippen LogP contribution in [0.3, 0.4) is 0 Å². The van der Waals surface area contributed by atoms with Crippen molar-refractivity contribution in [3.05, 3.63) is 65.0 Å². The molecule has 0 saturated heterocycles. The number of nitrogens with one attached hydrogen (secondary N) is 1. The maximum absolute atomic E-state index is 13.6. The van der Waals surface area contributed by atoms with Crippen molar-refractivity contribution >= 4 is 22.6 Å². The summed E-state index contributed by atoms with van der Waals surface area (Å²) in [6.45, 7) is 3.69. The lowest BCUT2D eigenvalue weighted by Gasteiger charge is -2.08. The molecule has 2 aromatic carbocycles. The van der Waals surface area contributed by atoms with Gasteiger partial charge in [-0.25, -0.2) is 18.7 Å². The highest BCUT2D eigenvalue weighted by Gasteiger charge is 2.12. The van der Waals surface area contributed by atoms with Gasteiger partial charge in [0.25, 0.3) is 5.91 Å². The van der Waals surface area contributed by atoms with Crippen LogP contribution in [0, 0.1) is 25.5 Å². The van der Waals surface area contributed by atoms with Crippen LogP contribution in [-0.4, -0.2) is 15.9 Å². The number of aromatic nitrogens is 2. The van der Waals surface area contributed by atoms with Crippen molar-refractivity contribution in [1.29, 1.82) is 0 Å². The number of carbonyl (C=O) groups is 1. The quantitative estimate of drug-likeness (QED) is 0.783. The molecule has 0 aliphatic heterocycles. The standard InChI is InChI=1S/C17H13F2N3O/c1-9-10(2)21-16-7-11(3-6-14(16)20-9)17(23)22-15-8-12(18)4-5-13(15)19/h3-8H,1-2H3,(H,22,23). The fraction of sp³-hybridized carbons (Fsp3) is 0.118. The Hall–Kier alpha value is -2.89. The summed E-state index contributed by atoms with van der Waals surface area (Å²) in [5, 5.41) is 2.36. The number of benzene rings is 2. The van der Waals surface area contributed by atoms with Gasteiger partial charge < -0.3 is 5.32 Å². The van der Waals surface area contributed by atoms with E-state index in [2.05, 4.69) is 15.3 Å². The molecule has 1 amide bonds. The molecular formula is C17H13F2N3O. The van der Waals surface area contributed by atoms with Crippen LogP contribution in [0.5, 0.6) is 0 Å². The minimum Gasteiger partial charge on any atom is -0.319 e. The molecule has 0 spiro atoms.